The topological polar surface area (TPSA) is 0 Å². The third-order valence-corrected chi connectivity index (χ3v) is 4.77. The van der Waals surface area contributed by atoms with Gasteiger partial charge in [0.15, 0.2) is 0 Å². The maximum Gasteiger partial charge on any atom is 0.0200 e. The van der Waals surface area contributed by atoms with Crippen molar-refractivity contribution in [2.45, 2.75) is 64.7 Å². The lowest BCUT2D eigenvalue weighted by molar-refractivity contribution is 0.302. The van der Waals surface area contributed by atoms with Crippen molar-refractivity contribution < 1.29 is 0 Å². The Morgan fingerprint density at radius 3 is 2.15 bits per heavy atom. The van der Waals surface area contributed by atoms with Gasteiger partial charge < -0.3 is 0 Å². The highest BCUT2D eigenvalue weighted by molar-refractivity contribution is 5.22. The summed E-state index contributed by atoms with van der Waals surface area (Å²) in [6.45, 7) is 2.25. The van der Waals surface area contributed by atoms with Crippen LogP contribution in [-0.2, 0) is 12.8 Å². The van der Waals surface area contributed by atoms with Crippen LogP contribution in [0.5, 0.6) is 0 Å². The molecular formula is C20H28. The van der Waals surface area contributed by atoms with Crippen molar-refractivity contribution in [3.8, 4) is 12.3 Å². The highest BCUT2D eigenvalue weighted by Crippen LogP contribution is 2.31. The number of hydrogen-bond acceptors (Lipinski definition) is 0. The van der Waals surface area contributed by atoms with E-state index in [-0.39, 0.29) is 0 Å². The normalized spacial score (nSPS) is 22.4. The zero-order chi connectivity index (χ0) is 14.2. The van der Waals surface area contributed by atoms with E-state index in [1.54, 1.807) is 0 Å². The van der Waals surface area contributed by atoms with Gasteiger partial charge >= 0.3 is 0 Å². The van der Waals surface area contributed by atoms with E-state index in [0.29, 0.717) is 5.92 Å². The highest BCUT2D eigenvalue weighted by atomic mass is 14.2. The lowest BCUT2D eigenvalue weighted by Crippen LogP contribution is -2.13. The Labute approximate surface area is 125 Å². The van der Waals surface area contributed by atoms with E-state index in [2.05, 4.69) is 37.1 Å². The summed E-state index contributed by atoms with van der Waals surface area (Å²) >= 11 is 0. The molecule has 0 bridgehead atoms. The Kier molecular flexibility index (Phi) is 6.19. The van der Waals surface area contributed by atoms with Gasteiger partial charge in [0.05, 0.1) is 0 Å². The molecular weight excluding hydrogens is 240 g/mol. The third kappa shape index (κ3) is 4.71. The molecule has 0 aromatic heterocycles. The first-order chi connectivity index (χ1) is 9.81. The van der Waals surface area contributed by atoms with Crippen LogP contribution in [0.2, 0.25) is 0 Å². The van der Waals surface area contributed by atoms with Crippen LogP contribution >= 0.6 is 0 Å². The third-order valence-electron chi connectivity index (χ3n) is 4.77. The Hall–Kier alpha value is -1.22. The highest BCUT2D eigenvalue weighted by Gasteiger charge is 2.19. The first-order valence-corrected chi connectivity index (χ1v) is 8.35. The Morgan fingerprint density at radius 1 is 1.00 bits per heavy atom. The van der Waals surface area contributed by atoms with E-state index in [1.165, 1.54) is 68.9 Å². The van der Waals surface area contributed by atoms with Crippen molar-refractivity contribution in [3.63, 3.8) is 0 Å². The molecule has 2 rings (SSSR count). The Morgan fingerprint density at radius 2 is 1.60 bits per heavy atom. The molecule has 0 N–H and O–H groups in total. The quantitative estimate of drug-likeness (QED) is 0.606. The molecule has 0 unspecified atom stereocenters. The van der Waals surface area contributed by atoms with Gasteiger partial charge in [-0.2, -0.15) is 0 Å². The minimum Gasteiger partial charge on any atom is -0.120 e. The molecule has 0 saturated heterocycles. The lowest BCUT2D eigenvalue weighted by atomic mass is 9.80. The van der Waals surface area contributed by atoms with Crippen LogP contribution in [-0.4, -0.2) is 0 Å². The van der Waals surface area contributed by atoms with Crippen molar-refractivity contribution >= 4 is 0 Å². The summed E-state index contributed by atoms with van der Waals surface area (Å²) in [6, 6.07) is 9.30. The summed E-state index contributed by atoms with van der Waals surface area (Å²) in [5.74, 6) is 4.38. The van der Waals surface area contributed by atoms with Crippen molar-refractivity contribution in [3.05, 3.63) is 35.4 Å². The standard InChI is InChI=1S/C20H28/c1-3-5-6-18-11-13-20(14-12-18)16-15-19-9-7-17(4-2)8-10-19/h2,11-14,17,19H,3,5-10,15-16H2,1H3/t17-,19-. The molecule has 1 aliphatic rings. The number of unbranched alkanes of at least 4 members (excludes halogenated alkanes) is 1. The van der Waals surface area contributed by atoms with Crippen LogP contribution in [0.15, 0.2) is 24.3 Å². The summed E-state index contributed by atoms with van der Waals surface area (Å²) in [4.78, 5) is 0. The second-order valence-electron chi connectivity index (χ2n) is 6.34. The second kappa shape index (κ2) is 8.15. The minimum absolute atomic E-state index is 0.559. The predicted octanol–water partition coefficient (Wildman–Crippen LogP) is 5.40. The summed E-state index contributed by atoms with van der Waals surface area (Å²) < 4.78 is 0. The maximum atomic E-state index is 5.51. The first-order valence-electron chi connectivity index (χ1n) is 8.35. The molecule has 0 atom stereocenters. The van der Waals surface area contributed by atoms with Gasteiger partial charge in [-0.05, 0) is 68.4 Å². The molecule has 1 saturated carbocycles. The molecule has 0 heteroatoms. The predicted molar refractivity (Wildman–Crippen MR) is 87.7 cm³/mol. The smallest absolute Gasteiger partial charge is 0.0200 e. The fourth-order valence-electron chi connectivity index (χ4n) is 3.24. The van der Waals surface area contributed by atoms with Crippen LogP contribution in [0.4, 0.5) is 0 Å². The monoisotopic (exact) mass is 268 g/mol. The van der Waals surface area contributed by atoms with Gasteiger partial charge in [-0.15, -0.1) is 12.3 Å². The molecule has 0 amide bonds. The molecule has 0 nitrogen and oxygen atoms in total. The largest absolute Gasteiger partial charge is 0.120 e. The molecule has 1 aliphatic carbocycles. The van der Waals surface area contributed by atoms with Gasteiger partial charge in [-0.3, -0.25) is 0 Å². The second-order valence-corrected chi connectivity index (χ2v) is 6.34. The minimum atomic E-state index is 0.559. The van der Waals surface area contributed by atoms with E-state index in [0.717, 1.165) is 5.92 Å². The fourth-order valence-corrected chi connectivity index (χ4v) is 3.24. The number of hydrogen-bond donors (Lipinski definition) is 0. The van der Waals surface area contributed by atoms with Gasteiger partial charge in [0.25, 0.3) is 0 Å². The van der Waals surface area contributed by atoms with Crippen molar-refractivity contribution in [2.24, 2.45) is 11.8 Å². The Bertz CT molecular complexity index is 412. The lowest BCUT2D eigenvalue weighted by Gasteiger charge is -2.25. The summed E-state index contributed by atoms with van der Waals surface area (Å²) in [5, 5.41) is 0. The summed E-state index contributed by atoms with van der Waals surface area (Å²) in [6.07, 6.45) is 17.1. The van der Waals surface area contributed by atoms with Gasteiger partial charge in [0.2, 0.25) is 0 Å². The number of terminal acetylenes is 1. The zero-order valence-electron chi connectivity index (χ0n) is 12.9. The fraction of sp³-hybridized carbons (Fsp3) is 0.600. The van der Waals surface area contributed by atoms with Gasteiger partial charge in [-0.1, -0.05) is 37.6 Å². The van der Waals surface area contributed by atoms with Crippen LogP contribution in [0.3, 0.4) is 0 Å². The van der Waals surface area contributed by atoms with Crippen LogP contribution in [0.25, 0.3) is 0 Å². The first kappa shape index (κ1) is 15.2. The molecule has 0 aliphatic heterocycles. The maximum absolute atomic E-state index is 5.51. The summed E-state index contributed by atoms with van der Waals surface area (Å²) in [5.41, 5.74) is 2.99. The van der Waals surface area contributed by atoms with Crippen LogP contribution < -0.4 is 0 Å². The molecule has 1 aromatic rings. The molecule has 108 valence electrons. The van der Waals surface area contributed by atoms with Crippen molar-refractivity contribution in [1.29, 1.82) is 0 Å². The Balaban J connectivity index is 1.73. The number of rotatable bonds is 6. The average Bonchev–Trinajstić information content (AvgIpc) is 2.52. The number of aryl methyl sites for hydroxylation is 2. The van der Waals surface area contributed by atoms with Gasteiger partial charge in [-0.25, -0.2) is 0 Å². The van der Waals surface area contributed by atoms with E-state index >= 15 is 0 Å². The van der Waals surface area contributed by atoms with Gasteiger partial charge in [0.1, 0.15) is 0 Å². The van der Waals surface area contributed by atoms with Crippen molar-refractivity contribution in [2.75, 3.05) is 0 Å². The van der Waals surface area contributed by atoms with E-state index in [9.17, 15) is 0 Å². The van der Waals surface area contributed by atoms with E-state index in [1.807, 2.05) is 0 Å². The van der Waals surface area contributed by atoms with Crippen molar-refractivity contribution in [1.82, 2.24) is 0 Å². The molecule has 1 aromatic carbocycles. The molecule has 20 heavy (non-hydrogen) atoms. The van der Waals surface area contributed by atoms with Crippen LogP contribution in [0, 0.1) is 24.2 Å². The average molecular weight is 268 g/mol. The molecule has 0 spiro atoms. The SMILES string of the molecule is C#C[C@H]1CC[C@H](CCc2ccc(CCCC)cc2)CC1. The molecule has 0 heterocycles. The summed E-state index contributed by atoms with van der Waals surface area (Å²) in [7, 11) is 0. The van der Waals surface area contributed by atoms with Gasteiger partial charge in [0, 0.05) is 5.92 Å². The number of benzene rings is 1. The molecule has 0 radical (unpaired) electrons. The van der Waals surface area contributed by atoms with E-state index < -0.39 is 0 Å². The van der Waals surface area contributed by atoms with E-state index in [4.69, 9.17) is 6.42 Å². The molecule has 1 fully saturated rings. The zero-order valence-corrected chi connectivity index (χ0v) is 12.9. The van der Waals surface area contributed by atoms with Crippen LogP contribution in [0.1, 0.15) is 63.0 Å².